The first-order valence-electron chi connectivity index (χ1n) is 9.60. The Kier molecular flexibility index (Phi) is 4.79. The van der Waals surface area contributed by atoms with Gasteiger partial charge in [-0.05, 0) is 55.9 Å². The molecular formula is C21H25FN4O2. The molecule has 7 heteroatoms. The summed E-state index contributed by atoms with van der Waals surface area (Å²) in [6.07, 6.45) is 6.10. The van der Waals surface area contributed by atoms with E-state index in [1.54, 1.807) is 38.6 Å². The fourth-order valence-electron chi connectivity index (χ4n) is 4.93. The highest BCUT2D eigenvalue weighted by atomic mass is 19.1. The lowest BCUT2D eigenvalue weighted by Crippen LogP contribution is -2.74. The molecule has 6 nitrogen and oxygen atoms in total. The van der Waals surface area contributed by atoms with Gasteiger partial charge in [-0.2, -0.15) is 0 Å². The molecule has 28 heavy (non-hydrogen) atoms. The maximum absolute atomic E-state index is 14.6. The van der Waals surface area contributed by atoms with Crippen LogP contribution < -0.4 is 5.32 Å². The van der Waals surface area contributed by atoms with Crippen molar-refractivity contribution in [3.05, 3.63) is 42.0 Å². The van der Waals surface area contributed by atoms with Crippen molar-refractivity contribution in [3.8, 4) is 11.4 Å². The molecule has 1 saturated carbocycles. The molecule has 0 radical (unpaired) electrons. The van der Waals surface area contributed by atoms with Crippen LogP contribution in [0.3, 0.4) is 0 Å². The van der Waals surface area contributed by atoms with Crippen molar-refractivity contribution < 1.29 is 13.9 Å². The molecule has 2 aliphatic rings. The summed E-state index contributed by atoms with van der Waals surface area (Å²) in [6, 6.07) is 4.65. The minimum absolute atomic E-state index is 0.142. The number of benzene rings is 1. The summed E-state index contributed by atoms with van der Waals surface area (Å²) in [4.78, 5) is 23.4. The van der Waals surface area contributed by atoms with Gasteiger partial charge in [-0.3, -0.25) is 0 Å². The van der Waals surface area contributed by atoms with Crippen molar-refractivity contribution in [2.24, 2.45) is 5.92 Å². The summed E-state index contributed by atoms with van der Waals surface area (Å²) < 4.78 is 20.0. The van der Waals surface area contributed by atoms with E-state index in [-0.39, 0.29) is 23.3 Å². The number of rotatable bonds is 4. The fraction of sp³-hybridized carbons (Fsp3) is 0.476. The summed E-state index contributed by atoms with van der Waals surface area (Å²) in [7, 11) is 1.66. The first kappa shape index (κ1) is 18.8. The van der Waals surface area contributed by atoms with E-state index in [2.05, 4.69) is 22.2 Å². The first-order valence-corrected chi connectivity index (χ1v) is 9.60. The lowest BCUT2D eigenvalue weighted by molar-refractivity contribution is -0.122. The number of likely N-dealkylation sites (tertiary alicyclic amines) is 1. The summed E-state index contributed by atoms with van der Waals surface area (Å²) in [5.74, 6) is 0.585. The number of nitrogens with one attached hydrogen (secondary N) is 1. The van der Waals surface area contributed by atoms with Gasteiger partial charge in [-0.25, -0.2) is 19.2 Å². The largest absolute Gasteiger partial charge is 0.382 e. The maximum atomic E-state index is 14.6. The zero-order valence-electron chi connectivity index (χ0n) is 16.4. The average Bonchev–Trinajstić information content (AvgIpc) is 2.64. The van der Waals surface area contributed by atoms with E-state index >= 15 is 0 Å². The number of hydrogen-bond donors (Lipinski definition) is 1. The molecule has 2 heterocycles. The van der Waals surface area contributed by atoms with E-state index in [1.165, 1.54) is 6.07 Å². The van der Waals surface area contributed by atoms with Gasteiger partial charge in [0.15, 0.2) is 5.82 Å². The summed E-state index contributed by atoms with van der Waals surface area (Å²) >= 11 is 0. The summed E-state index contributed by atoms with van der Waals surface area (Å²) in [6.45, 7) is 4.51. The molecule has 1 aromatic heterocycles. The Bertz CT molecular complexity index is 887. The Morgan fingerprint density at radius 3 is 2.82 bits per heavy atom. The highest BCUT2D eigenvalue weighted by Crippen LogP contribution is 2.50. The minimum Gasteiger partial charge on any atom is -0.382 e. The van der Waals surface area contributed by atoms with Crippen LogP contribution in [0.4, 0.5) is 14.9 Å². The number of piperidine rings is 1. The number of amides is 2. The molecule has 148 valence electrons. The molecule has 1 N–H and O–H groups in total. The first-order chi connectivity index (χ1) is 13.4. The van der Waals surface area contributed by atoms with Gasteiger partial charge >= 0.3 is 6.03 Å². The van der Waals surface area contributed by atoms with Crippen LogP contribution in [0.1, 0.15) is 31.7 Å². The molecule has 3 atom stereocenters. The van der Waals surface area contributed by atoms with E-state index in [0.717, 1.165) is 19.3 Å². The zero-order chi connectivity index (χ0) is 19.9. The second-order valence-corrected chi connectivity index (χ2v) is 8.08. The molecule has 0 spiro atoms. The topological polar surface area (TPSA) is 67.3 Å². The van der Waals surface area contributed by atoms with Crippen molar-refractivity contribution in [1.82, 2.24) is 14.9 Å². The molecule has 2 bridgehead atoms. The third-order valence-electron chi connectivity index (χ3n) is 5.89. The van der Waals surface area contributed by atoms with Crippen molar-refractivity contribution in [2.45, 2.75) is 44.7 Å². The standard InChI is InChI=1S/C21H25FN4O2/c1-13-7-15-11-21(10-13,12-28-3)26(15)20(27)25-18-9-16(14(2)8-17(18)22)19-23-5-4-6-24-19/h4-6,8-9,13,15H,7,10-12H2,1-3H3,(H,25,27). The van der Waals surface area contributed by atoms with E-state index in [9.17, 15) is 9.18 Å². The molecule has 2 fully saturated rings. The highest BCUT2D eigenvalue weighted by Gasteiger charge is 2.58. The lowest BCUT2D eigenvalue weighted by Gasteiger charge is -2.63. The normalized spacial score (nSPS) is 25.9. The Morgan fingerprint density at radius 1 is 1.36 bits per heavy atom. The van der Waals surface area contributed by atoms with Crippen LogP contribution in [0.2, 0.25) is 0 Å². The van der Waals surface area contributed by atoms with Gasteiger partial charge in [0.25, 0.3) is 0 Å². The van der Waals surface area contributed by atoms with Gasteiger partial charge in [-0.1, -0.05) is 6.92 Å². The minimum atomic E-state index is -0.467. The number of urea groups is 1. The quantitative estimate of drug-likeness (QED) is 0.865. The van der Waals surface area contributed by atoms with Crippen molar-refractivity contribution in [3.63, 3.8) is 0 Å². The number of nitrogens with zero attached hydrogens (tertiary/aromatic N) is 3. The number of halogens is 1. The van der Waals surface area contributed by atoms with Gasteiger partial charge in [0.05, 0.1) is 17.8 Å². The van der Waals surface area contributed by atoms with Crippen LogP contribution in [0.25, 0.3) is 11.4 Å². The van der Waals surface area contributed by atoms with Crippen LogP contribution in [-0.4, -0.2) is 46.2 Å². The van der Waals surface area contributed by atoms with Crippen molar-refractivity contribution >= 4 is 11.7 Å². The summed E-state index contributed by atoms with van der Waals surface area (Å²) in [5.41, 5.74) is 1.27. The van der Waals surface area contributed by atoms with Crippen LogP contribution in [0.5, 0.6) is 0 Å². The molecule has 1 saturated heterocycles. The molecular weight excluding hydrogens is 359 g/mol. The fourth-order valence-corrected chi connectivity index (χ4v) is 4.93. The number of carbonyl (C=O) groups is 1. The number of fused-ring (bicyclic) bond motifs is 2. The van der Waals surface area contributed by atoms with E-state index in [4.69, 9.17) is 4.74 Å². The van der Waals surface area contributed by atoms with Crippen LogP contribution in [-0.2, 0) is 4.74 Å². The number of hydrogen-bond acceptors (Lipinski definition) is 4. The number of carbonyl (C=O) groups excluding carboxylic acids is 1. The molecule has 2 amide bonds. The third-order valence-corrected chi connectivity index (χ3v) is 5.89. The second-order valence-electron chi connectivity index (χ2n) is 8.08. The Balaban J connectivity index is 1.60. The molecule has 2 aromatic rings. The van der Waals surface area contributed by atoms with E-state index in [1.807, 2.05) is 4.90 Å². The number of aromatic nitrogens is 2. The van der Waals surface area contributed by atoms with Gasteiger partial charge < -0.3 is 15.0 Å². The predicted molar refractivity (Wildman–Crippen MR) is 104 cm³/mol. The van der Waals surface area contributed by atoms with Crippen LogP contribution in [0.15, 0.2) is 30.6 Å². The Hall–Kier alpha value is -2.54. The summed E-state index contributed by atoms with van der Waals surface area (Å²) in [5, 5.41) is 2.78. The molecule has 1 aliphatic carbocycles. The van der Waals surface area contributed by atoms with Gasteiger partial charge in [0.2, 0.25) is 0 Å². The van der Waals surface area contributed by atoms with E-state index in [0.29, 0.717) is 29.5 Å². The Labute approximate surface area is 164 Å². The van der Waals surface area contributed by atoms with Gasteiger partial charge in [0, 0.05) is 31.1 Å². The average molecular weight is 384 g/mol. The monoisotopic (exact) mass is 384 g/mol. The van der Waals surface area contributed by atoms with Crippen molar-refractivity contribution in [2.75, 3.05) is 19.0 Å². The second kappa shape index (κ2) is 7.13. The number of aryl methyl sites for hydroxylation is 1. The van der Waals surface area contributed by atoms with E-state index < -0.39 is 5.82 Å². The molecule has 1 aromatic carbocycles. The number of ether oxygens (including phenoxy) is 1. The number of methoxy groups -OCH3 is 1. The molecule has 4 rings (SSSR count). The SMILES string of the molecule is COCC12CC(C)CC(C1)N2C(=O)Nc1cc(-c2ncccn2)c(C)cc1F. The highest BCUT2D eigenvalue weighted by molar-refractivity contribution is 5.92. The lowest BCUT2D eigenvalue weighted by atomic mass is 9.65. The molecule has 1 aliphatic heterocycles. The van der Waals surface area contributed by atoms with Crippen LogP contribution >= 0.6 is 0 Å². The zero-order valence-corrected chi connectivity index (χ0v) is 16.4. The smallest absolute Gasteiger partial charge is 0.322 e. The maximum Gasteiger partial charge on any atom is 0.322 e. The van der Waals surface area contributed by atoms with Gasteiger partial charge in [-0.15, -0.1) is 0 Å². The van der Waals surface area contributed by atoms with Crippen LogP contribution in [0, 0.1) is 18.7 Å². The Morgan fingerprint density at radius 2 is 2.11 bits per heavy atom. The molecule has 3 unspecified atom stereocenters. The number of anilines is 1. The van der Waals surface area contributed by atoms with Crippen molar-refractivity contribution in [1.29, 1.82) is 0 Å². The van der Waals surface area contributed by atoms with Gasteiger partial charge in [0.1, 0.15) is 5.82 Å². The predicted octanol–water partition coefficient (Wildman–Crippen LogP) is 4.01. The third kappa shape index (κ3) is 3.13.